The lowest BCUT2D eigenvalue weighted by Gasteiger charge is -2.20. The molecule has 2 fully saturated rings. The molecule has 0 aromatic carbocycles. The van der Waals surface area contributed by atoms with Crippen molar-refractivity contribution in [1.29, 1.82) is 0 Å². The van der Waals surface area contributed by atoms with E-state index in [1.165, 1.54) is 0 Å². The summed E-state index contributed by atoms with van der Waals surface area (Å²) in [7, 11) is 0. The number of aromatic nitrogens is 2. The monoisotopic (exact) mass is 316 g/mol. The molecule has 1 N–H and O–H groups in total. The number of carbonyl (C=O) groups excluding carboxylic acids is 1. The highest BCUT2D eigenvalue weighted by Gasteiger charge is 2.34. The number of nitrogens with zero attached hydrogens (tertiary/aromatic N) is 3. The topological polar surface area (TPSA) is 84.4 Å². The van der Waals surface area contributed by atoms with Crippen LogP contribution in [0.25, 0.3) is 0 Å². The molecule has 1 aliphatic carbocycles. The Balaban J connectivity index is 1.34. The molecule has 1 saturated carbocycles. The number of hydrogen-bond acceptors (Lipinski definition) is 6. The van der Waals surface area contributed by atoms with Crippen LogP contribution in [0.15, 0.2) is 27.3 Å². The average molecular weight is 316 g/mol. The van der Waals surface area contributed by atoms with Crippen LogP contribution < -0.4 is 5.32 Å². The van der Waals surface area contributed by atoms with Crippen LogP contribution in [0.1, 0.15) is 55.1 Å². The lowest BCUT2D eigenvalue weighted by Crippen LogP contribution is -2.36. The number of rotatable bonds is 6. The van der Waals surface area contributed by atoms with Crippen molar-refractivity contribution in [2.24, 2.45) is 0 Å². The fourth-order valence-electron chi connectivity index (χ4n) is 3.03. The summed E-state index contributed by atoms with van der Waals surface area (Å²) in [5.74, 6) is 2.68. The van der Waals surface area contributed by atoms with E-state index in [2.05, 4.69) is 20.4 Å². The Kier molecular flexibility index (Phi) is 3.87. The number of amides is 1. The van der Waals surface area contributed by atoms with Crippen molar-refractivity contribution >= 4 is 5.91 Å². The molecule has 2 aliphatic rings. The Labute approximate surface area is 134 Å². The summed E-state index contributed by atoms with van der Waals surface area (Å²) in [5.41, 5.74) is 0. The second kappa shape index (κ2) is 6.16. The van der Waals surface area contributed by atoms with Crippen molar-refractivity contribution in [3.8, 4) is 0 Å². The first kappa shape index (κ1) is 14.4. The molecule has 23 heavy (non-hydrogen) atoms. The Morgan fingerprint density at radius 3 is 3.09 bits per heavy atom. The van der Waals surface area contributed by atoms with Crippen molar-refractivity contribution < 1.29 is 13.7 Å². The molecule has 2 aromatic heterocycles. The van der Waals surface area contributed by atoms with Crippen LogP contribution in [0.4, 0.5) is 0 Å². The fourth-order valence-corrected chi connectivity index (χ4v) is 3.03. The zero-order valence-corrected chi connectivity index (χ0v) is 12.9. The average Bonchev–Trinajstić information content (AvgIpc) is 2.99. The Morgan fingerprint density at radius 2 is 2.30 bits per heavy atom. The zero-order chi connectivity index (χ0) is 15.6. The summed E-state index contributed by atoms with van der Waals surface area (Å²) in [5, 5.41) is 7.01. The first-order chi connectivity index (χ1) is 11.3. The minimum atomic E-state index is -0.0146. The van der Waals surface area contributed by atoms with Crippen molar-refractivity contribution in [3.63, 3.8) is 0 Å². The second-order valence-electron chi connectivity index (χ2n) is 6.25. The highest BCUT2D eigenvalue weighted by Crippen LogP contribution is 2.40. The first-order valence-electron chi connectivity index (χ1n) is 8.16. The quantitative estimate of drug-likeness (QED) is 0.877. The van der Waals surface area contributed by atoms with E-state index in [9.17, 15) is 4.79 Å². The number of hydrogen-bond donors (Lipinski definition) is 1. The van der Waals surface area contributed by atoms with Gasteiger partial charge in [0.2, 0.25) is 11.8 Å². The number of furan rings is 1. The lowest BCUT2D eigenvalue weighted by atomic mass is 10.2. The van der Waals surface area contributed by atoms with Crippen molar-refractivity contribution in [2.45, 2.75) is 44.2 Å². The minimum absolute atomic E-state index is 0.0146. The summed E-state index contributed by atoms with van der Waals surface area (Å²) >= 11 is 0. The van der Waals surface area contributed by atoms with Crippen LogP contribution in [-0.2, 0) is 11.3 Å². The van der Waals surface area contributed by atoms with E-state index >= 15 is 0 Å². The molecule has 1 saturated heterocycles. The maximum Gasteiger partial charge on any atom is 0.234 e. The third-order valence-electron chi connectivity index (χ3n) is 4.43. The minimum Gasteiger partial charge on any atom is -0.467 e. The van der Waals surface area contributed by atoms with E-state index in [0.717, 1.165) is 49.7 Å². The van der Waals surface area contributed by atoms with Gasteiger partial charge in [0.1, 0.15) is 5.76 Å². The van der Waals surface area contributed by atoms with Gasteiger partial charge in [-0.1, -0.05) is 5.16 Å². The third kappa shape index (κ3) is 3.29. The van der Waals surface area contributed by atoms with Crippen LogP contribution in [0.3, 0.4) is 0 Å². The molecule has 7 heteroatoms. The van der Waals surface area contributed by atoms with Gasteiger partial charge in [0.05, 0.1) is 25.4 Å². The molecule has 2 aromatic rings. The maximum atomic E-state index is 12.1. The van der Waals surface area contributed by atoms with Crippen molar-refractivity contribution in [1.82, 2.24) is 20.4 Å². The third-order valence-corrected chi connectivity index (χ3v) is 4.43. The number of carbonyl (C=O) groups is 1. The summed E-state index contributed by atoms with van der Waals surface area (Å²) in [6, 6.07) is 3.74. The van der Waals surface area contributed by atoms with E-state index < -0.39 is 0 Å². The lowest BCUT2D eigenvalue weighted by molar-refractivity contribution is -0.122. The van der Waals surface area contributed by atoms with E-state index in [0.29, 0.717) is 19.0 Å². The van der Waals surface area contributed by atoms with E-state index in [-0.39, 0.29) is 11.9 Å². The van der Waals surface area contributed by atoms with Crippen LogP contribution >= 0.6 is 0 Å². The van der Waals surface area contributed by atoms with Gasteiger partial charge < -0.3 is 14.3 Å². The van der Waals surface area contributed by atoms with Gasteiger partial charge in [0, 0.05) is 5.92 Å². The smallest absolute Gasteiger partial charge is 0.234 e. The Bertz CT molecular complexity index is 663. The Hall–Kier alpha value is -2.15. The van der Waals surface area contributed by atoms with E-state index in [4.69, 9.17) is 8.94 Å². The zero-order valence-electron chi connectivity index (χ0n) is 12.9. The fraction of sp³-hybridized carbons (Fsp3) is 0.562. The van der Waals surface area contributed by atoms with Gasteiger partial charge in [-0.05, 0) is 44.4 Å². The molecule has 7 nitrogen and oxygen atoms in total. The van der Waals surface area contributed by atoms with Gasteiger partial charge in [-0.15, -0.1) is 0 Å². The van der Waals surface area contributed by atoms with Crippen LogP contribution in [0.5, 0.6) is 0 Å². The van der Waals surface area contributed by atoms with Crippen molar-refractivity contribution in [3.05, 3.63) is 35.9 Å². The summed E-state index contributed by atoms with van der Waals surface area (Å²) < 4.78 is 10.6. The van der Waals surface area contributed by atoms with Crippen molar-refractivity contribution in [2.75, 3.05) is 13.1 Å². The molecule has 1 amide bonds. The highest BCUT2D eigenvalue weighted by atomic mass is 16.5. The van der Waals surface area contributed by atoms with Gasteiger partial charge in [0.15, 0.2) is 5.82 Å². The van der Waals surface area contributed by atoms with E-state index in [1.807, 2.05) is 12.1 Å². The van der Waals surface area contributed by atoms with Gasteiger partial charge >= 0.3 is 0 Å². The molecule has 0 radical (unpaired) electrons. The van der Waals surface area contributed by atoms with Crippen LogP contribution in [0, 0.1) is 0 Å². The first-order valence-corrected chi connectivity index (χ1v) is 8.16. The molecule has 1 aliphatic heterocycles. The summed E-state index contributed by atoms with van der Waals surface area (Å²) in [4.78, 5) is 18.8. The van der Waals surface area contributed by atoms with Crippen LogP contribution in [0.2, 0.25) is 0 Å². The second-order valence-corrected chi connectivity index (χ2v) is 6.25. The van der Waals surface area contributed by atoms with E-state index in [1.54, 1.807) is 6.26 Å². The predicted molar refractivity (Wildman–Crippen MR) is 80.4 cm³/mol. The van der Waals surface area contributed by atoms with Gasteiger partial charge in [0.25, 0.3) is 0 Å². The summed E-state index contributed by atoms with van der Waals surface area (Å²) in [6.07, 6.45) is 5.90. The molecule has 3 heterocycles. The number of nitrogens with one attached hydrogen (secondary N) is 1. The van der Waals surface area contributed by atoms with Gasteiger partial charge in [-0.25, -0.2) is 0 Å². The number of likely N-dealkylation sites (tertiary alicyclic amines) is 1. The highest BCUT2D eigenvalue weighted by molar-refractivity contribution is 5.78. The van der Waals surface area contributed by atoms with Gasteiger partial charge in [-0.3, -0.25) is 9.69 Å². The largest absolute Gasteiger partial charge is 0.467 e. The van der Waals surface area contributed by atoms with Gasteiger partial charge in [-0.2, -0.15) is 4.98 Å². The summed E-state index contributed by atoms with van der Waals surface area (Å²) in [6.45, 7) is 1.64. The molecule has 0 bridgehead atoms. The maximum absolute atomic E-state index is 12.1. The normalized spacial score (nSPS) is 21.7. The molecular weight excluding hydrogens is 296 g/mol. The molecule has 0 unspecified atom stereocenters. The SMILES string of the molecule is O=C(CN1CCC[C@@H]1c1noc(C2CC2)n1)NCc1ccco1. The molecule has 0 spiro atoms. The molecule has 1 atom stereocenters. The molecule has 122 valence electrons. The molecular formula is C16H20N4O3. The predicted octanol–water partition coefficient (Wildman–Crippen LogP) is 1.99. The standard InChI is InChI=1S/C16H20N4O3/c21-14(17-9-12-3-2-8-22-12)10-20-7-1-4-13(20)15-18-16(23-19-15)11-5-6-11/h2-3,8,11,13H,1,4-7,9-10H2,(H,17,21)/t13-/m1/s1. The Morgan fingerprint density at radius 1 is 1.39 bits per heavy atom. The van der Waals surface area contributed by atoms with Crippen LogP contribution in [-0.4, -0.2) is 34.0 Å². The molecule has 4 rings (SSSR count).